The standard InChI is InChI=1S/C9H11NO2/c1-10-9(6-11)7-2-4-8(12)5-3-7/h2-6,9-10,12H,1H3. The largest absolute Gasteiger partial charge is 0.508 e. The van der Waals surface area contributed by atoms with Gasteiger partial charge in [-0.1, -0.05) is 12.1 Å². The van der Waals surface area contributed by atoms with Gasteiger partial charge in [-0.2, -0.15) is 0 Å². The summed E-state index contributed by atoms with van der Waals surface area (Å²) in [6.07, 6.45) is 0.826. The number of nitrogens with one attached hydrogen (secondary N) is 1. The van der Waals surface area contributed by atoms with Gasteiger partial charge in [-0.3, -0.25) is 0 Å². The van der Waals surface area contributed by atoms with Crippen LogP contribution in [0, 0.1) is 0 Å². The number of aldehydes is 1. The second-order valence-corrected chi connectivity index (χ2v) is 2.49. The van der Waals surface area contributed by atoms with Gasteiger partial charge in [0.15, 0.2) is 0 Å². The lowest BCUT2D eigenvalue weighted by atomic mass is 10.1. The summed E-state index contributed by atoms with van der Waals surface area (Å²) < 4.78 is 0. The van der Waals surface area contributed by atoms with E-state index >= 15 is 0 Å². The fourth-order valence-corrected chi connectivity index (χ4v) is 0.995. The lowest BCUT2D eigenvalue weighted by Crippen LogP contribution is -2.17. The van der Waals surface area contributed by atoms with Gasteiger partial charge in [-0.15, -0.1) is 0 Å². The third kappa shape index (κ3) is 1.83. The summed E-state index contributed by atoms with van der Waals surface area (Å²) in [7, 11) is 1.71. The molecule has 0 amide bonds. The minimum atomic E-state index is -0.286. The SMILES string of the molecule is CNC(C=O)c1ccc(O)cc1. The Morgan fingerprint density at radius 1 is 1.42 bits per heavy atom. The highest BCUT2D eigenvalue weighted by Crippen LogP contribution is 2.14. The molecule has 1 aromatic rings. The van der Waals surface area contributed by atoms with Crippen molar-refractivity contribution in [2.24, 2.45) is 0 Å². The lowest BCUT2D eigenvalue weighted by molar-refractivity contribution is -0.109. The minimum Gasteiger partial charge on any atom is -0.508 e. The predicted molar refractivity (Wildman–Crippen MR) is 46.0 cm³/mol. The molecule has 0 aromatic heterocycles. The zero-order chi connectivity index (χ0) is 8.97. The Bertz CT molecular complexity index is 256. The van der Waals surface area contributed by atoms with Gasteiger partial charge in [0, 0.05) is 0 Å². The number of benzene rings is 1. The third-order valence-corrected chi connectivity index (χ3v) is 1.70. The summed E-state index contributed by atoms with van der Waals surface area (Å²) in [6.45, 7) is 0. The Kier molecular flexibility index (Phi) is 2.82. The summed E-state index contributed by atoms with van der Waals surface area (Å²) in [6, 6.07) is 6.26. The van der Waals surface area contributed by atoms with E-state index in [-0.39, 0.29) is 11.8 Å². The molecule has 0 aliphatic rings. The highest BCUT2D eigenvalue weighted by Gasteiger charge is 2.05. The molecule has 1 unspecified atom stereocenters. The summed E-state index contributed by atoms with van der Waals surface area (Å²) >= 11 is 0. The maximum atomic E-state index is 10.5. The van der Waals surface area contributed by atoms with Crippen LogP contribution in [-0.4, -0.2) is 18.4 Å². The molecular weight excluding hydrogens is 154 g/mol. The van der Waals surface area contributed by atoms with E-state index in [2.05, 4.69) is 5.32 Å². The van der Waals surface area contributed by atoms with Crippen molar-refractivity contribution in [2.45, 2.75) is 6.04 Å². The molecule has 1 rings (SSSR count). The van der Waals surface area contributed by atoms with Crippen LogP contribution in [0.1, 0.15) is 11.6 Å². The number of rotatable bonds is 3. The zero-order valence-corrected chi connectivity index (χ0v) is 6.82. The Hall–Kier alpha value is -1.35. The summed E-state index contributed by atoms with van der Waals surface area (Å²) in [5.74, 6) is 0.208. The Morgan fingerprint density at radius 3 is 2.42 bits per heavy atom. The van der Waals surface area contributed by atoms with Gasteiger partial charge in [0.1, 0.15) is 12.0 Å². The van der Waals surface area contributed by atoms with Crippen molar-refractivity contribution >= 4 is 6.29 Å². The Labute approximate surface area is 71.0 Å². The molecule has 0 saturated heterocycles. The molecular formula is C9H11NO2. The maximum absolute atomic E-state index is 10.5. The summed E-state index contributed by atoms with van der Waals surface area (Å²) in [5.41, 5.74) is 0.852. The third-order valence-electron chi connectivity index (χ3n) is 1.70. The molecule has 1 aromatic carbocycles. The van der Waals surface area contributed by atoms with E-state index in [0.29, 0.717) is 0 Å². The number of carbonyl (C=O) groups is 1. The molecule has 64 valence electrons. The van der Waals surface area contributed by atoms with Crippen molar-refractivity contribution in [3.63, 3.8) is 0 Å². The lowest BCUT2D eigenvalue weighted by Gasteiger charge is -2.08. The molecule has 0 fully saturated rings. The number of hydrogen-bond acceptors (Lipinski definition) is 3. The van der Waals surface area contributed by atoms with Crippen molar-refractivity contribution < 1.29 is 9.90 Å². The van der Waals surface area contributed by atoms with Gasteiger partial charge >= 0.3 is 0 Å². The Balaban J connectivity index is 2.87. The molecule has 0 radical (unpaired) electrons. The van der Waals surface area contributed by atoms with Crippen molar-refractivity contribution in [3.8, 4) is 5.75 Å². The number of hydrogen-bond donors (Lipinski definition) is 2. The van der Waals surface area contributed by atoms with Crippen molar-refractivity contribution in [3.05, 3.63) is 29.8 Å². The normalized spacial score (nSPS) is 12.4. The average molecular weight is 165 g/mol. The van der Waals surface area contributed by atoms with Crippen molar-refractivity contribution in [1.29, 1.82) is 0 Å². The van der Waals surface area contributed by atoms with Gasteiger partial charge in [0.25, 0.3) is 0 Å². The summed E-state index contributed by atoms with van der Waals surface area (Å²) in [4.78, 5) is 10.5. The number of likely N-dealkylation sites (N-methyl/N-ethyl adjacent to an activating group) is 1. The number of phenolic OH excluding ortho intramolecular Hbond substituents is 1. The molecule has 0 aliphatic heterocycles. The van der Waals surface area contributed by atoms with Gasteiger partial charge in [-0.25, -0.2) is 0 Å². The van der Waals surface area contributed by atoms with Crippen molar-refractivity contribution in [1.82, 2.24) is 5.32 Å². The Morgan fingerprint density at radius 2 is 2.00 bits per heavy atom. The molecule has 3 heteroatoms. The second-order valence-electron chi connectivity index (χ2n) is 2.49. The first kappa shape index (κ1) is 8.74. The quantitative estimate of drug-likeness (QED) is 0.653. The topological polar surface area (TPSA) is 49.3 Å². The van der Waals surface area contributed by atoms with Crippen LogP contribution in [0.2, 0.25) is 0 Å². The van der Waals surface area contributed by atoms with Crippen LogP contribution >= 0.6 is 0 Å². The zero-order valence-electron chi connectivity index (χ0n) is 6.82. The highest BCUT2D eigenvalue weighted by molar-refractivity contribution is 5.61. The van der Waals surface area contributed by atoms with Crippen molar-refractivity contribution in [2.75, 3.05) is 7.05 Å². The van der Waals surface area contributed by atoms with Gasteiger partial charge < -0.3 is 15.2 Å². The van der Waals surface area contributed by atoms with Gasteiger partial charge in [-0.05, 0) is 24.7 Å². The fourth-order valence-electron chi connectivity index (χ4n) is 0.995. The van der Waals surface area contributed by atoms with E-state index in [4.69, 9.17) is 5.11 Å². The van der Waals surface area contributed by atoms with Crippen LogP contribution < -0.4 is 5.32 Å². The molecule has 0 bridgehead atoms. The molecule has 3 nitrogen and oxygen atoms in total. The van der Waals surface area contributed by atoms with Crippen LogP contribution in [0.3, 0.4) is 0 Å². The first-order chi connectivity index (χ1) is 5.77. The molecule has 0 spiro atoms. The summed E-state index contributed by atoms with van der Waals surface area (Å²) in [5, 5.41) is 11.8. The number of phenols is 1. The van der Waals surface area contributed by atoms with Crippen LogP contribution in [-0.2, 0) is 4.79 Å². The molecule has 2 N–H and O–H groups in total. The van der Waals surface area contributed by atoms with Gasteiger partial charge in [0.05, 0.1) is 6.04 Å². The number of aromatic hydroxyl groups is 1. The van der Waals surface area contributed by atoms with Crippen LogP contribution in [0.5, 0.6) is 5.75 Å². The predicted octanol–water partition coefficient (Wildman–Crippen LogP) is 0.852. The van der Waals surface area contributed by atoms with Crippen LogP contribution in [0.4, 0.5) is 0 Å². The van der Waals surface area contributed by atoms with Gasteiger partial charge in [0.2, 0.25) is 0 Å². The molecule has 0 aliphatic carbocycles. The maximum Gasteiger partial charge on any atom is 0.141 e. The monoisotopic (exact) mass is 165 g/mol. The second kappa shape index (κ2) is 3.88. The van der Waals surface area contributed by atoms with E-state index in [1.807, 2.05) is 0 Å². The molecule has 0 saturated carbocycles. The number of carbonyl (C=O) groups excluding carboxylic acids is 1. The molecule has 0 heterocycles. The van der Waals surface area contributed by atoms with E-state index in [9.17, 15) is 4.79 Å². The smallest absolute Gasteiger partial charge is 0.141 e. The van der Waals surface area contributed by atoms with E-state index in [0.717, 1.165) is 11.8 Å². The first-order valence-corrected chi connectivity index (χ1v) is 3.69. The van der Waals surface area contributed by atoms with Crippen LogP contribution in [0.25, 0.3) is 0 Å². The molecule has 12 heavy (non-hydrogen) atoms. The van der Waals surface area contributed by atoms with E-state index in [1.165, 1.54) is 0 Å². The van der Waals surface area contributed by atoms with Crippen LogP contribution in [0.15, 0.2) is 24.3 Å². The fraction of sp³-hybridized carbons (Fsp3) is 0.222. The molecule has 1 atom stereocenters. The van der Waals surface area contributed by atoms with E-state index < -0.39 is 0 Å². The minimum absolute atomic E-state index is 0.208. The first-order valence-electron chi connectivity index (χ1n) is 3.69. The highest BCUT2D eigenvalue weighted by atomic mass is 16.3. The van der Waals surface area contributed by atoms with E-state index in [1.54, 1.807) is 31.3 Å². The average Bonchev–Trinajstić information content (AvgIpc) is 2.10.